The lowest BCUT2D eigenvalue weighted by Gasteiger charge is -2.38. The van der Waals surface area contributed by atoms with E-state index in [2.05, 4.69) is 6.92 Å². The van der Waals surface area contributed by atoms with Crippen molar-refractivity contribution in [1.29, 1.82) is 0 Å². The summed E-state index contributed by atoms with van der Waals surface area (Å²) in [5.41, 5.74) is 1.32. The molecule has 2 aromatic rings. The highest BCUT2D eigenvalue weighted by Crippen LogP contribution is 2.49. The minimum atomic E-state index is -0.334. The number of benzene rings is 2. The largest absolute Gasteiger partial charge is 0.381 e. The summed E-state index contributed by atoms with van der Waals surface area (Å²) in [6.07, 6.45) is 4.91. The van der Waals surface area contributed by atoms with Gasteiger partial charge in [0.1, 0.15) is 5.82 Å². The Balaban J connectivity index is 1.62. The molecule has 1 aliphatic carbocycles. The highest BCUT2D eigenvalue weighted by molar-refractivity contribution is 8.00. The Bertz CT molecular complexity index is 1020. The Hall–Kier alpha value is -1.56. The number of carbonyl (C=O) groups excluding carboxylic acids is 1. The second-order valence-electron chi connectivity index (χ2n) is 10.6. The lowest BCUT2D eigenvalue weighted by Crippen LogP contribution is -2.42. The quantitative estimate of drug-likeness (QED) is 0.371. The predicted molar refractivity (Wildman–Crippen MR) is 144 cm³/mol. The van der Waals surface area contributed by atoms with Crippen LogP contribution >= 0.6 is 23.4 Å². The van der Waals surface area contributed by atoms with Crippen molar-refractivity contribution in [2.75, 3.05) is 18.1 Å². The zero-order valence-electron chi connectivity index (χ0n) is 21.2. The maximum Gasteiger partial charge on any atom is 0.230 e. The minimum Gasteiger partial charge on any atom is -0.381 e. The highest BCUT2D eigenvalue weighted by atomic mass is 35.5. The van der Waals surface area contributed by atoms with Crippen molar-refractivity contribution in [1.82, 2.24) is 0 Å². The van der Waals surface area contributed by atoms with Crippen LogP contribution in [0.2, 0.25) is 5.02 Å². The third kappa shape index (κ3) is 5.89. The summed E-state index contributed by atoms with van der Waals surface area (Å²) >= 11 is 7.83. The van der Waals surface area contributed by atoms with Crippen LogP contribution in [0.3, 0.4) is 0 Å². The summed E-state index contributed by atoms with van der Waals surface area (Å²) in [6.45, 7) is 9.48. The number of carbonyl (C=O) groups is 1. The van der Waals surface area contributed by atoms with Gasteiger partial charge in [0, 0.05) is 39.8 Å². The molecule has 0 radical (unpaired) electrons. The van der Waals surface area contributed by atoms with Gasteiger partial charge in [0.25, 0.3) is 0 Å². The molecule has 0 bridgehead atoms. The average molecular weight is 518 g/mol. The Morgan fingerprint density at radius 3 is 2.37 bits per heavy atom. The minimum absolute atomic E-state index is 0.0297. The van der Waals surface area contributed by atoms with Gasteiger partial charge in [0.15, 0.2) is 0 Å². The molecule has 0 N–H and O–H groups in total. The van der Waals surface area contributed by atoms with E-state index in [1.54, 1.807) is 22.7 Å². The molecule has 4 rings (SSSR count). The van der Waals surface area contributed by atoms with Gasteiger partial charge in [0.05, 0.1) is 5.69 Å². The molecule has 190 valence electrons. The zero-order chi connectivity index (χ0) is 25.2. The van der Waals surface area contributed by atoms with Gasteiger partial charge in [-0.15, -0.1) is 11.8 Å². The zero-order valence-corrected chi connectivity index (χ0v) is 22.8. The molecule has 3 unspecified atom stereocenters. The lowest BCUT2D eigenvalue weighted by molar-refractivity contribution is -0.123. The summed E-state index contributed by atoms with van der Waals surface area (Å²) in [7, 11) is 0. The molecule has 2 fully saturated rings. The maximum absolute atomic E-state index is 15.8. The molecule has 1 amide bonds. The molecule has 1 saturated carbocycles. The standard InChI is InChI=1S/C29H37ClFNO2S/c1-19(2)32(28(33)21(4)22-6-5-20(3)17-22)27-12-7-23(18-26(27)31)29(13-15-34-16-14-29)35-25-10-8-24(30)9-11-25/h7-12,18-22H,5-6,13-17H2,1-4H3. The fraction of sp³-hybridized carbons (Fsp3) is 0.552. The smallest absolute Gasteiger partial charge is 0.230 e. The number of anilines is 1. The summed E-state index contributed by atoms with van der Waals surface area (Å²) in [5, 5.41) is 0.700. The fourth-order valence-corrected chi connectivity index (χ4v) is 7.11. The molecule has 6 heteroatoms. The van der Waals surface area contributed by atoms with E-state index in [1.807, 2.05) is 57.2 Å². The van der Waals surface area contributed by atoms with Gasteiger partial charge >= 0.3 is 0 Å². The van der Waals surface area contributed by atoms with Crippen molar-refractivity contribution in [3.05, 3.63) is 58.9 Å². The van der Waals surface area contributed by atoms with E-state index in [-0.39, 0.29) is 28.4 Å². The molecule has 3 nitrogen and oxygen atoms in total. The average Bonchev–Trinajstić information content (AvgIpc) is 3.27. The van der Waals surface area contributed by atoms with Crippen molar-refractivity contribution >= 4 is 35.0 Å². The number of halogens is 2. The molecular weight excluding hydrogens is 481 g/mol. The summed E-state index contributed by atoms with van der Waals surface area (Å²) in [4.78, 5) is 16.4. The van der Waals surface area contributed by atoms with Gasteiger partial charge in [-0.2, -0.15) is 0 Å². The van der Waals surface area contributed by atoms with Crippen LogP contribution in [0.15, 0.2) is 47.4 Å². The van der Waals surface area contributed by atoms with E-state index in [0.29, 0.717) is 35.8 Å². The van der Waals surface area contributed by atoms with Crippen LogP contribution in [0, 0.1) is 23.6 Å². The van der Waals surface area contributed by atoms with Crippen molar-refractivity contribution in [3.63, 3.8) is 0 Å². The third-order valence-corrected chi connectivity index (χ3v) is 9.54. The third-order valence-electron chi connectivity index (χ3n) is 7.75. The van der Waals surface area contributed by atoms with Crippen LogP contribution in [0.5, 0.6) is 0 Å². The van der Waals surface area contributed by atoms with Crippen LogP contribution in [0.1, 0.15) is 65.4 Å². The Morgan fingerprint density at radius 2 is 1.80 bits per heavy atom. The van der Waals surface area contributed by atoms with Gasteiger partial charge in [-0.25, -0.2) is 4.39 Å². The van der Waals surface area contributed by atoms with Crippen LogP contribution in [-0.4, -0.2) is 25.2 Å². The highest BCUT2D eigenvalue weighted by Gasteiger charge is 2.38. The summed E-state index contributed by atoms with van der Waals surface area (Å²) in [5.74, 6) is 0.625. The maximum atomic E-state index is 15.8. The number of amides is 1. The van der Waals surface area contributed by atoms with E-state index in [4.69, 9.17) is 16.3 Å². The van der Waals surface area contributed by atoms with E-state index < -0.39 is 0 Å². The van der Waals surface area contributed by atoms with E-state index in [9.17, 15) is 4.79 Å². The Morgan fingerprint density at radius 1 is 1.11 bits per heavy atom. The van der Waals surface area contributed by atoms with E-state index in [1.165, 1.54) is 6.42 Å². The first-order valence-electron chi connectivity index (χ1n) is 12.9. The van der Waals surface area contributed by atoms with Gasteiger partial charge < -0.3 is 9.64 Å². The van der Waals surface area contributed by atoms with Crippen LogP contribution in [0.25, 0.3) is 0 Å². The second-order valence-corrected chi connectivity index (χ2v) is 12.5. The van der Waals surface area contributed by atoms with Crippen LogP contribution < -0.4 is 4.90 Å². The number of nitrogens with zero attached hydrogens (tertiary/aromatic N) is 1. The first-order valence-corrected chi connectivity index (χ1v) is 14.0. The number of hydrogen-bond acceptors (Lipinski definition) is 3. The molecule has 2 aromatic carbocycles. The van der Waals surface area contributed by atoms with E-state index >= 15 is 4.39 Å². The Kier molecular flexibility index (Phi) is 8.50. The van der Waals surface area contributed by atoms with Gasteiger partial charge in [-0.05, 0) is 93.3 Å². The van der Waals surface area contributed by atoms with Crippen molar-refractivity contribution in [3.8, 4) is 0 Å². The summed E-state index contributed by atoms with van der Waals surface area (Å²) < 4.78 is 21.2. The number of thioether (sulfide) groups is 1. The molecule has 1 aliphatic heterocycles. The topological polar surface area (TPSA) is 29.5 Å². The molecule has 1 saturated heterocycles. The van der Waals surface area contributed by atoms with Crippen LogP contribution in [0.4, 0.5) is 10.1 Å². The van der Waals surface area contributed by atoms with Gasteiger partial charge in [-0.3, -0.25) is 4.79 Å². The van der Waals surface area contributed by atoms with Crippen molar-refractivity contribution in [2.24, 2.45) is 17.8 Å². The molecule has 1 heterocycles. The molecule has 3 atom stereocenters. The van der Waals surface area contributed by atoms with Crippen molar-refractivity contribution in [2.45, 2.75) is 75.5 Å². The SMILES string of the molecule is CC1CCC(C(C)C(=O)N(c2ccc(C3(Sc4ccc(Cl)cc4)CCOCC3)cc2F)C(C)C)C1. The normalized spacial score (nSPS) is 22.8. The van der Waals surface area contributed by atoms with E-state index in [0.717, 1.165) is 36.1 Å². The Labute approximate surface area is 218 Å². The lowest BCUT2D eigenvalue weighted by atomic mass is 9.89. The molecule has 2 aliphatic rings. The predicted octanol–water partition coefficient (Wildman–Crippen LogP) is 8.09. The van der Waals surface area contributed by atoms with Crippen LogP contribution in [-0.2, 0) is 14.3 Å². The van der Waals surface area contributed by atoms with Crippen molar-refractivity contribution < 1.29 is 13.9 Å². The van der Waals surface area contributed by atoms with Gasteiger partial charge in [0.2, 0.25) is 5.91 Å². The summed E-state index contributed by atoms with van der Waals surface area (Å²) in [6, 6.07) is 13.2. The number of hydrogen-bond donors (Lipinski definition) is 0. The molecule has 35 heavy (non-hydrogen) atoms. The number of ether oxygens (including phenoxy) is 1. The van der Waals surface area contributed by atoms with Gasteiger partial charge in [-0.1, -0.05) is 37.9 Å². The molecular formula is C29H37ClFNO2S. The fourth-order valence-electron chi connectivity index (χ4n) is 5.64. The molecule has 0 spiro atoms. The first-order chi connectivity index (χ1) is 16.7. The number of rotatable bonds is 7. The first kappa shape index (κ1) is 26.5. The molecule has 0 aromatic heterocycles. The monoisotopic (exact) mass is 517 g/mol. The second kappa shape index (κ2) is 11.2.